The van der Waals surface area contributed by atoms with Gasteiger partial charge in [-0.05, 0) is 61.9 Å². The first-order valence-electron chi connectivity index (χ1n) is 9.67. The highest BCUT2D eigenvalue weighted by molar-refractivity contribution is 7.16. The first-order chi connectivity index (χ1) is 14.6. The zero-order valence-electron chi connectivity index (χ0n) is 16.8. The van der Waals surface area contributed by atoms with Gasteiger partial charge >= 0.3 is 0 Å². The molecule has 0 radical (unpaired) electrons. The molecule has 6 heteroatoms. The van der Waals surface area contributed by atoms with Crippen molar-refractivity contribution in [2.24, 2.45) is 0 Å². The molecule has 0 unspecified atom stereocenters. The topological polar surface area (TPSA) is 66.9 Å². The summed E-state index contributed by atoms with van der Waals surface area (Å²) in [6, 6.07) is 20.8. The number of hydrogen-bond donors (Lipinski definition) is 2. The SMILES string of the molecule is Cc1ccnc(N[C@@H](c2ccccn2)c2cc(C)sc2NC(=O)c2ccccc2)c1. The number of pyridine rings is 2. The van der Waals surface area contributed by atoms with Crippen LogP contribution in [0.5, 0.6) is 0 Å². The predicted octanol–water partition coefficient (Wildman–Crippen LogP) is 5.61. The number of nitrogens with one attached hydrogen (secondary N) is 2. The van der Waals surface area contributed by atoms with Crippen LogP contribution in [-0.4, -0.2) is 15.9 Å². The van der Waals surface area contributed by atoms with Crippen LogP contribution in [0.2, 0.25) is 0 Å². The van der Waals surface area contributed by atoms with Gasteiger partial charge < -0.3 is 10.6 Å². The fraction of sp³-hybridized carbons (Fsp3) is 0.125. The van der Waals surface area contributed by atoms with Crippen molar-refractivity contribution in [1.82, 2.24) is 9.97 Å². The average Bonchev–Trinajstić information content (AvgIpc) is 3.13. The van der Waals surface area contributed by atoms with Crippen molar-refractivity contribution in [3.05, 3.63) is 106 Å². The van der Waals surface area contributed by atoms with E-state index in [-0.39, 0.29) is 11.9 Å². The van der Waals surface area contributed by atoms with Crippen LogP contribution < -0.4 is 10.6 Å². The zero-order chi connectivity index (χ0) is 20.9. The van der Waals surface area contributed by atoms with Gasteiger partial charge in [-0.2, -0.15) is 0 Å². The number of hydrogen-bond acceptors (Lipinski definition) is 5. The van der Waals surface area contributed by atoms with Crippen molar-refractivity contribution < 1.29 is 4.79 Å². The van der Waals surface area contributed by atoms with E-state index >= 15 is 0 Å². The molecule has 0 aliphatic rings. The molecular formula is C24H22N4OS. The maximum atomic E-state index is 12.8. The van der Waals surface area contributed by atoms with Gasteiger partial charge in [0.2, 0.25) is 0 Å². The number of thiophene rings is 1. The van der Waals surface area contributed by atoms with Crippen molar-refractivity contribution in [3.63, 3.8) is 0 Å². The van der Waals surface area contributed by atoms with E-state index < -0.39 is 0 Å². The minimum absolute atomic E-state index is 0.132. The summed E-state index contributed by atoms with van der Waals surface area (Å²) in [5.74, 6) is 0.627. The van der Waals surface area contributed by atoms with Crippen LogP contribution in [0.3, 0.4) is 0 Å². The lowest BCUT2D eigenvalue weighted by atomic mass is 10.0. The van der Waals surface area contributed by atoms with E-state index in [9.17, 15) is 4.79 Å². The van der Waals surface area contributed by atoms with E-state index in [2.05, 4.69) is 26.7 Å². The molecule has 1 aromatic carbocycles. The van der Waals surface area contributed by atoms with Gasteiger partial charge in [0.1, 0.15) is 10.8 Å². The lowest BCUT2D eigenvalue weighted by Crippen LogP contribution is -2.17. The summed E-state index contributed by atoms with van der Waals surface area (Å²) in [4.78, 5) is 22.9. The number of carbonyl (C=O) groups excluding carboxylic acids is 1. The molecule has 5 nitrogen and oxygen atoms in total. The molecule has 0 aliphatic heterocycles. The fourth-order valence-corrected chi connectivity index (χ4v) is 4.18. The van der Waals surface area contributed by atoms with Crippen LogP contribution in [0, 0.1) is 13.8 Å². The Hall–Kier alpha value is -3.51. The third-order valence-electron chi connectivity index (χ3n) is 4.65. The second-order valence-electron chi connectivity index (χ2n) is 7.01. The molecule has 0 aliphatic carbocycles. The normalized spacial score (nSPS) is 11.7. The number of aryl methyl sites for hydroxylation is 2. The molecule has 0 saturated carbocycles. The second-order valence-corrected chi connectivity index (χ2v) is 8.27. The largest absolute Gasteiger partial charge is 0.357 e. The van der Waals surface area contributed by atoms with Crippen LogP contribution in [0.4, 0.5) is 10.8 Å². The van der Waals surface area contributed by atoms with E-state index in [1.165, 1.54) is 0 Å². The maximum Gasteiger partial charge on any atom is 0.256 e. The van der Waals surface area contributed by atoms with Crippen molar-refractivity contribution in [2.75, 3.05) is 10.6 Å². The zero-order valence-corrected chi connectivity index (χ0v) is 17.6. The Balaban J connectivity index is 1.71. The van der Waals surface area contributed by atoms with Gasteiger partial charge in [0, 0.05) is 28.4 Å². The molecule has 1 atom stereocenters. The fourth-order valence-electron chi connectivity index (χ4n) is 3.23. The Morgan fingerprint density at radius 1 is 0.933 bits per heavy atom. The highest BCUT2D eigenvalue weighted by Crippen LogP contribution is 2.37. The Labute approximate surface area is 179 Å². The van der Waals surface area contributed by atoms with Gasteiger partial charge in [0.15, 0.2) is 0 Å². The van der Waals surface area contributed by atoms with Gasteiger partial charge in [-0.15, -0.1) is 11.3 Å². The Kier molecular flexibility index (Phi) is 5.86. The van der Waals surface area contributed by atoms with Gasteiger partial charge in [0.05, 0.1) is 11.7 Å². The van der Waals surface area contributed by atoms with E-state index in [0.717, 1.165) is 32.5 Å². The number of benzene rings is 1. The van der Waals surface area contributed by atoms with Crippen LogP contribution in [0.1, 0.15) is 38.1 Å². The smallest absolute Gasteiger partial charge is 0.256 e. The first kappa shape index (κ1) is 19.8. The maximum absolute atomic E-state index is 12.8. The molecule has 3 aromatic heterocycles. The third kappa shape index (κ3) is 4.55. The Morgan fingerprint density at radius 3 is 2.47 bits per heavy atom. The summed E-state index contributed by atoms with van der Waals surface area (Å²) < 4.78 is 0. The molecule has 30 heavy (non-hydrogen) atoms. The molecule has 4 aromatic rings. The number of rotatable bonds is 6. The van der Waals surface area contributed by atoms with Crippen LogP contribution in [0.25, 0.3) is 0 Å². The van der Waals surface area contributed by atoms with Crippen LogP contribution in [0.15, 0.2) is 79.1 Å². The van der Waals surface area contributed by atoms with E-state index in [0.29, 0.717) is 5.56 Å². The van der Waals surface area contributed by atoms with E-state index in [1.54, 1.807) is 35.9 Å². The summed E-state index contributed by atoms with van der Waals surface area (Å²) in [5.41, 5.74) is 3.56. The van der Waals surface area contributed by atoms with Crippen molar-refractivity contribution in [1.29, 1.82) is 0 Å². The standard InChI is InChI=1S/C24H22N4OS/c1-16-11-13-26-21(14-16)27-22(20-10-6-7-12-25-20)19-15-17(2)30-24(19)28-23(29)18-8-4-3-5-9-18/h3-15,22H,1-2H3,(H,26,27)(H,28,29)/t22-/m1/s1. The predicted molar refractivity (Wildman–Crippen MR) is 122 cm³/mol. The molecular weight excluding hydrogens is 392 g/mol. The molecule has 3 heterocycles. The number of nitrogens with zero attached hydrogens (tertiary/aromatic N) is 2. The van der Waals surface area contributed by atoms with Gasteiger partial charge in [0.25, 0.3) is 5.91 Å². The second kappa shape index (κ2) is 8.88. The number of carbonyl (C=O) groups is 1. The monoisotopic (exact) mass is 414 g/mol. The minimum atomic E-state index is -0.253. The van der Waals surface area contributed by atoms with Crippen molar-refractivity contribution >= 4 is 28.1 Å². The summed E-state index contributed by atoms with van der Waals surface area (Å²) >= 11 is 1.55. The molecule has 0 spiro atoms. The summed E-state index contributed by atoms with van der Waals surface area (Å²) in [6.07, 6.45) is 3.55. The van der Waals surface area contributed by atoms with Gasteiger partial charge in [-0.1, -0.05) is 24.3 Å². The molecule has 0 saturated heterocycles. The summed E-state index contributed by atoms with van der Waals surface area (Å²) in [7, 11) is 0. The quantitative estimate of drug-likeness (QED) is 0.430. The molecule has 0 bridgehead atoms. The molecule has 0 fully saturated rings. The number of anilines is 2. The average molecular weight is 415 g/mol. The lowest BCUT2D eigenvalue weighted by molar-refractivity contribution is 0.102. The molecule has 4 rings (SSSR count). The van der Waals surface area contributed by atoms with Crippen molar-refractivity contribution in [2.45, 2.75) is 19.9 Å². The van der Waals surface area contributed by atoms with E-state index in [4.69, 9.17) is 0 Å². The summed E-state index contributed by atoms with van der Waals surface area (Å²) in [5, 5.41) is 7.39. The van der Waals surface area contributed by atoms with Gasteiger partial charge in [-0.25, -0.2) is 4.98 Å². The van der Waals surface area contributed by atoms with Crippen molar-refractivity contribution in [3.8, 4) is 0 Å². The number of amides is 1. The lowest BCUT2D eigenvalue weighted by Gasteiger charge is -2.20. The Morgan fingerprint density at radius 2 is 1.73 bits per heavy atom. The molecule has 150 valence electrons. The highest BCUT2D eigenvalue weighted by atomic mass is 32.1. The van der Waals surface area contributed by atoms with Gasteiger partial charge in [-0.3, -0.25) is 9.78 Å². The first-order valence-corrected chi connectivity index (χ1v) is 10.5. The van der Waals surface area contributed by atoms with Crippen LogP contribution >= 0.6 is 11.3 Å². The molecule has 1 amide bonds. The van der Waals surface area contributed by atoms with E-state index in [1.807, 2.05) is 62.4 Å². The molecule has 2 N–H and O–H groups in total. The third-order valence-corrected chi connectivity index (χ3v) is 5.63. The Bertz CT molecular complexity index is 1140. The summed E-state index contributed by atoms with van der Waals surface area (Å²) in [6.45, 7) is 4.07. The minimum Gasteiger partial charge on any atom is -0.357 e. The highest BCUT2D eigenvalue weighted by Gasteiger charge is 2.23. The van der Waals surface area contributed by atoms with Crippen LogP contribution in [-0.2, 0) is 0 Å². The number of aromatic nitrogens is 2.